The van der Waals surface area contributed by atoms with Crippen molar-refractivity contribution in [3.05, 3.63) is 42.5 Å². The summed E-state index contributed by atoms with van der Waals surface area (Å²) in [5.41, 5.74) is 0. The number of benzene rings is 1. The first-order valence-electron chi connectivity index (χ1n) is 5.34. The van der Waals surface area contributed by atoms with E-state index in [1.807, 2.05) is 42.5 Å². The number of para-hydroxylation sites is 1. The van der Waals surface area contributed by atoms with E-state index >= 15 is 0 Å². The van der Waals surface area contributed by atoms with E-state index in [4.69, 9.17) is 9.26 Å². The highest BCUT2D eigenvalue weighted by Gasteiger charge is 2.23. The van der Waals surface area contributed by atoms with Crippen molar-refractivity contribution in [3.63, 3.8) is 0 Å². The molecule has 4 heteroatoms. The number of allylic oxidation sites excluding steroid dienone is 2. The van der Waals surface area contributed by atoms with Gasteiger partial charge in [-0.2, -0.15) is 0 Å². The lowest BCUT2D eigenvalue weighted by molar-refractivity contribution is 0.219. The molecule has 0 radical (unpaired) electrons. The van der Waals surface area contributed by atoms with Gasteiger partial charge in [0.05, 0.1) is 6.61 Å². The van der Waals surface area contributed by atoms with Gasteiger partial charge in [-0.05, 0) is 12.1 Å². The second kappa shape index (κ2) is 5.33. The highest BCUT2D eigenvalue weighted by atomic mass is 31.2. The van der Waals surface area contributed by atoms with Crippen LogP contribution in [0.4, 0.5) is 0 Å². The molecule has 0 aliphatic carbocycles. The van der Waals surface area contributed by atoms with Gasteiger partial charge in [-0.3, -0.25) is 4.57 Å². The average Bonchev–Trinajstić information content (AvgIpc) is 2.74. The Labute approximate surface area is 95.5 Å². The predicted molar refractivity (Wildman–Crippen MR) is 64.4 cm³/mol. The molecular weight excluding hydrogens is 223 g/mol. The van der Waals surface area contributed by atoms with Gasteiger partial charge in [0.15, 0.2) is 0 Å². The van der Waals surface area contributed by atoms with E-state index in [1.165, 1.54) is 0 Å². The summed E-state index contributed by atoms with van der Waals surface area (Å²) in [7, 11) is -2.38. The van der Waals surface area contributed by atoms with Crippen molar-refractivity contribution in [2.75, 3.05) is 25.5 Å². The lowest BCUT2D eigenvalue weighted by Gasteiger charge is -2.12. The van der Waals surface area contributed by atoms with Gasteiger partial charge in [-0.25, -0.2) is 0 Å². The predicted octanol–water partition coefficient (Wildman–Crippen LogP) is 2.93. The van der Waals surface area contributed by atoms with Crippen LogP contribution in [0.5, 0.6) is 5.75 Å². The number of rotatable bonds is 5. The Morgan fingerprint density at radius 2 is 1.75 bits per heavy atom. The van der Waals surface area contributed by atoms with Crippen molar-refractivity contribution in [1.29, 1.82) is 0 Å². The Hall–Kier alpha value is -1.05. The molecule has 0 amide bonds. The van der Waals surface area contributed by atoms with E-state index in [-0.39, 0.29) is 0 Å². The zero-order chi connectivity index (χ0) is 11.3. The molecule has 1 aromatic carbocycles. The van der Waals surface area contributed by atoms with E-state index in [2.05, 4.69) is 0 Å². The summed E-state index contributed by atoms with van der Waals surface area (Å²) in [6, 6.07) is 9.54. The van der Waals surface area contributed by atoms with Crippen molar-refractivity contribution < 1.29 is 13.8 Å². The van der Waals surface area contributed by atoms with Crippen LogP contribution in [0.3, 0.4) is 0 Å². The smallest absolute Gasteiger partial charge is 0.210 e. The largest absolute Gasteiger partial charge is 0.491 e. The molecule has 3 nitrogen and oxygen atoms in total. The van der Waals surface area contributed by atoms with Gasteiger partial charge >= 0.3 is 0 Å². The van der Waals surface area contributed by atoms with Crippen LogP contribution in [0, 0.1) is 0 Å². The van der Waals surface area contributed by atoms with Gasteiger partial charge in [0.2, 0.25) is 7.37 Å². The molecule has 1 aromatic rings. The highest BCUT2D eigenvalue weighted by Crippen LogP contribution is 2.49. The van der Waals surface area contributed by atoms with Crippen LogP contribution in [0.15, 0.2) is 42.5 Å². The molecule has 0 spiro atoms. The van der Waals surface area contributed by atoms with Crippen LogP contribution in [-0.2, 0) is 9.09 Å². The van der Waals surface area contributed by atoms with Gasteiger partial charge in [0, 0.05) is 12.3 Å². The molecule has 86 valence electrons. The van der Waals surface area contributed by atoms with Crippen LogP contribution >= 0.6 is 7.37 Å². The van der Waals surface area contributed by atoms with Gasteiger partial charge in [0.25, 0.3) is 0 Å². The minimum atomic E-state index is -2.38. The summed E-state index contributed by atoms with van der Waals surface area (Å²) in [6.45, 7) is 0.821. The van der Waals surface area contributed by atoms with Crippen molar-refractivity contribution >= 4 is 7.37 Å². The molecule has 0 saturated heterocycles. The summed E-state index contributed by atoms with van der Waals surface area (Å²) in [5.74, 6) is 0.814. The Bertz CT molecular complexity index is 388. The van der Waals surface area contributed by atoms with E-state index in [0.29, 0.717) is 25.5 Å². The fourth-order valence-corrected chi connectivity index (χ4v) is 3.24. The van der Waals surface area contributed by atoms with Crippen LogP contribution in [0.1, 0.15) is 0 Å². The van der Waals surface area contributed by atoms with E-state index in [9.17, 15) is 4.57 Å². The second-order valence-corrected chi connectivity index (χ2v) is 6.26. The molecule has 2 rings (SSSR count). The third kappa shape index (κ3) is 3.22. The molecule has 1 aliphatic heterocycles. The molecule has 0 bridgehead atoms. The normalized spacial score (nSPS) is 17.5. The maximum atomic E-state index is 11.9. The van der Waals surface area contributed by atoms with Crippen molar-refractivity contribution in [2.24, 2.45) is 0 Å². The Morgan fingerprint density at radius 3 is 2.44 bits per heavy atom. The third-order valence-corrected chi connectivity index (χ3v) is 4.54. The molecule has 0 fully saturated rings. The summed E-state index contributed by atoms with van der Waals surface area (Å²) in [5, 5.41) is 0. The summed E-state index contributed by atoms with van der Waals surface area (Å²) < 4.78 is 22.7. The first kappa shape index (κ1) is 11.4. The number of hydrogen-bond donors (Lipinski definition) is 0. The van der Waals surface area contributed by atoms with E-state index in [0.717, 1.165) is 5.75 Å². The maximum absolute atomic E-state index is 11.9. The zero-order valence-electron chi connectivity index (χ0n) is 9.04. The first-order valence-corrected chi connectivity index (χ1v) is 7.33. The summed E-state index contributed by atoms with van der Waals surface area (Å²) in [6.07, 6.45) is 4.97. The van der Waals surface area contributed by atoms with E-state index < -0.39 is 7.37 Å². The highest BCUT2D eigenvalue weighted by molar-refractivity contribution is 7.59. The van der Waals surface area contributed by atoms with Crippen LogP contribution in [0.25, 0.3) is 0 Å². The SMILES string of the molecule is O=P1(OCCOc2ccccc2)CC=CC1. The van der Waals surface area contributed by atoms with Crippen LogP contribution in [-0.4, -0.2) is 25.5 Å². The minimum absolute atomic E-state index is 0.383. The minimum Gasteiger partial charge on any atom is -0.491 e. The molecule has 0 saturated carbocycles. The van der Waals surface area contributed by atoms with Crippen LogP contribution < -0.4 is 4.74 Å². The molecule has 0 aromatic heterocycles. The fraction of sp³-hybridized carbons (Fsp3) is 0.333. The number of ether oxygens (including phenoxy) is 1. The Morgan fingerprint density at radius 1 is 1.06 bits per heavy atom. The quantitative estimate of drug-likeness (QED) is 0.449. The lowest BCUT2D eigenvalue weighted by atomic mass is 10.3. The molecule has 0 N–H and O–H groups in total. The Balaban J connectivity index is 1.68. The van der Waals surface area contributed by atoms with Gasteiger partial charge in [0.1, 0.15) is 12.4 Å². The van der Waals surface area contributed by atoms with Gasteiger partial charge in [-0.1, -0.05) is 30.4 Å². The molecule has 1 heterocycles. The average molecular weight is 238 g/mol. The second-order valence-electron chi connectivity index (χ2n) is 3.65. The van der Waals surface area contributed by atoms with Gasteiger partial charge < -0.3 is 9.26 Å². The Kier molecular flexibility index (Phi) is 3.81. The van der Waals surface area contributed by atoms with Gasteiger partial charge in [-0.15, -0.1) is 0 Å². The standard InChI is InChI=1S/C12H15O3P/c13-16(10-4-5-11-16)15-9-8-14-12-6-2-1-3-7-12/h1-7H,8-11H2. The number of hydrogen-bond acceptors (Lipinski definition) is 3. The molecular formula is C12H15O3P. The lowest BCUT2D eigenvalue weighted by Crippen LogP contribution is -2.06. The summed E-state index contributed by atoms with van der Waals surface area (Å²) in [4.78, 5) is 0. The third-order valence-electron chi connectivity index (χ3n) is 2.36. The summed E-state index contributed by atoms with van der Waals surface area (Å²) >= 11 is 0. The van der Waals surface area contributed by atoms with Crippen molar-refractivity contribution in [1.82, 2.24) is 0 Å². The van der Waals surface area contributed by atoms with Crippen LogP contribution in [0.2, 0.25) is 0 Å². The molecule has 16 heavy (non-hydrogen) atoms. The maximum Gasteiger partial charge on any atom is 0.210 e. The van der Waals surface area contributed by atoms with E-state index in [1.54, 1.807) is 0 Å². The topological polar surface area (TPSA) is 35.5 Å². The van der Waals surface area contributed by atoms with Crippen molar-refractivity contribution in [3.8, 4) is 5.75 Å². The zero-order valence-corrected chi connectivity index (χ0v) is 9.94. The van der Waals surface area contributed by atoms with Crippen molar-refractivity contribution in [2.45, 2.75) is 0 Å². The first-order chi connectivity index (χ1) is 7.79. The fourth-order valence-electron chi connectivity index (χ4n) is 1.53. The monoisotopic (exact) mass is 238 g/mol. The molecule has 0 unspecified atom stereocenters. The molecule has 1 aliphatic rings. The molecule has 0 atom stereocenters.